The standard InChI is InChI=1S/C32H34N6O2S/c1-21-20-41-29(37-21)19-38(27-10-11-27)30(39)26-15-24(14-25(16-26)28-18-35-12-13-36-28)22(2)40-31(34-4)32(3,33)17-23-8-6-5-7-9-23/h5-9,12-16,18,20,27H,2,10-11,17,19,33H2,1,3-4H3/b34-31-. The van der Waals surface area contributed by atoms with Gasteiger partial charge in [-0.15, -0.1) is 11.3 Å². The van der Waals surface area contributed by atoms with Gasteiger partial charge in [-0.25, -0.2) is 4.98 Å². The summed E-state index contributed by atoms with van der Waals surface area (Å²) < 4.78 is 6.23. The summed E-state index contributed by atoms with van der Waals surface area (Å²) >= 11 is 1.57. The fourth-order valence-corrected chi connectivity index (χ4v) is 5.51. The first-order chi connectivity index (χ1) is 19.7. The van der Waals surface area contributed by atoms with Crippen LogP contribution in [0, 0.1) is 6.92 Å². The molecule has 0 bridgehead atoms. The molecular formula is C32H34N6O2S. The normalized spacial score (nSPS) is 14.8. The maximum atomic E-state index is 14.0. The van der Waals surface area contributed by atoms with Gasteiger partial charge < -0.3 is 15.4 Å². The fourth-order valence-electron chi connectivity index (χ4n) is 4.74. The van der Waals surface area contributed by atoms with Gasteiger partial charge in [0, 0.05) is 53.2 Å². The monoisotopic (exact) mass is 566 g/mol. The number of hydrogen-bond acceptors (Lipinski definition) is 8. The molecular weight excluding hydrogens is 532 g/mol. The number of carbonyl (C=O) groups excluding carboxylic acids is 1. The fraction of sp³-hybridized carbons (Fsp3) is 0.281. The summed E-state index contributed by atoms with van der Waals surface area (Å²) in [6.45, 7) is 8.52. The van der Waals surface area contributed by atoms with E-state index >= 15 is 0 Å². The van der Waals surface area contributed by atoms with Gasteiger partial charge in [0.25, 0.3) is 5.91 Å². The van der Waals surface area contributed by atoms with Crippen LogP contribution in [0.2, 0.25) is 0 Å². The van der Waals surface area contributed by atoms with E-state index < -0.39 is 5.54 Å². The van der Waals surface area contributed by atoms with Crippen molar-refractivity contribution < 1.29 is 9.53 Å². The van der Waals surface area contributed by atoms with Crippen LogP contribution in [0.25, 0.3) is 17.0 Å². The molecule has 2 aromatic heterocycles. The average Bonchev–Trinajstić information content (AvgIpc) is 3.74. The maximum absolute atomic E-state index is 14.0. The Balaban J connectivity index is 1.45. The number of aromatic nitrogens is 3. The van der Waals surface area contributed by atoms with Crippen molar-refractivity contribution in [2.24, 2.45) is 10.7 Å². The van der Waals surface area contributed by atoms with E-state index in [0.29, 0.717) is 41.4 Å². The molecule has 1 aliphatic carbocycles. The molecule has 0 radical (unpaired) electrons. The molecule has 1 fully saturated rings. The van der Waals surface area contributed by atoms with Crippen molar-refractivity contribution in [2.75, 3.05) is 7.05 Å². The first-order valence-electron chi connectivity index (χ1n) is 13.5. The predicted octanol–water partition coefficient (Wildman–Crippen LogP) is 5.69. The van der Waals surface area contributed by atoms with Crippen LogP contribution in [-0.2, 0) is 17.7 Å². The highest BCUT2D eigenvalue weighted by Gasteiger charge is 2.34. The molecule has 1 amide bonds. The van der Waals surface area contributed by atoms with Crippen LogP contribution in [-0.4, -0.2) is 50.3 Å². The van der Waals surface area contributed by atoms with Gasteiger partial charge in [-0.3, -0.25) is 19.8 Å². The third kappa shape index (κ3) is 6.93. The summed E-state index contributed by atoms with van der Waals surface area (Å²) in [6.07, 6.45) is 7.41. The summed E-state index contributed by atoms with van der Waals surface area (Å²) in [5, 5.41) is 2.93. The number of carbonyl (C=O) groups is 1. The number of rotatable bonds is 10. The number of benzene rings is 2. The van der Waals surface area contributed by atoms with Crippen LogP contribution in [0.5, 0.6) is 0 Å². The van der Waals surface area contributed by atoms with Crippen molar-refractivity contribution in [2.45, 2.75) is 51.2 Å². The highest BCUT2D eigenvalue weighted by atomic mass is 32.1. The summed E-state index contributed by atoms with van der Waals surface area (Å²) in [4.78, 5) is 33.6. The van der Waals surface area contributed by atoms with Gasteiger partial charge in [-0.05, 0) is 56.9 Å². The van der Waals surface area contributed by atoms with Crippen LogP contribution in [0.15, 0.2) is 84.1 Å². The minimum atomic E-state index is -0.880. The minimum absolute atomic E-state index is 0.0720. The Morgan fingerprint density at radius 1 is 1.20 bits per heavy atom. The molecule has 5 rings (SSSR count). The second kappa shape index (κ2) is 12.1. The van der Waals surface area contributed by atoms with Crippen LogP contribution < -0.4 is 5.73 Å². The number of amides is 1. The maximum Gasteiger partial charge on any atom is 0.254 e. The van der Waals surface area contributed by atoms with E-state index in [-0.39, 0.29) is 11.9 Å². The van der Waals surface area contributed by atoms with Gasteiger partial charge in [0.05, 0.1) is 24.0 Å². The number of nitrogens with zero attached hydrogens (tertiary/aromatic N) is 5. The summed E-state index contributed by atoms with van der Waals surface area (Å²) in [5.41, 5.74) is 10.4. The van der Waals surface area contributed by atoms with Crippen LogP contribution in [0.1, 0.15) is 52.0 Å². The average molecular weight is 567 g/mol. The lowest BCUT2D eigenvalue weighted by molar-refractivity contribution is 0.0729. The molecule has 9 heteroatoms. The quantitative estimate of drug-likeness (QED) is 0.150. The second-order valence-corrected chi connectivity index (χ2v) is 11.5. The first-order valence-corrected chi connectivity index (χ1v) is 14.4. The lowest BCUT2D eigenvalue weighted by atomic mass is 9.93. The zero-order valence-corrected chi connectivity index (χ0v) is 24.4. The van der Waals surface area contributed by atoms with Crippen molar-refractivity contribution in [1.29, 1.82) is 0 Å². The molecule has 1 aliphatic rings. The first kappa shape index (κ1) is 28.3. The predicted molar refractivity (Wildman–Crippen MR) is 163 cm³/mol. The molecule has 4 aromatic rings. The Kier molecular flexibility index (Phi) is 8.37. The highest BCUT2D eigenvalue weighted by molar-refractivity contribution is 7.09. The molecule has 2 heterocycles. The van der Waals surface area contributed by atoms with E-state index in [0.717, 1.165) is 34.7 Å². The number of aliphatic imine (C=N–C) groups is 1. The Labute approximate surface area is 244 Å². The minimum Gasteiger partial charge on any atom is -0.441 e. The number of thiazole rings is 1. The van der Waals surface area contributed by atoms with Gasteiger partial charge in [-0.1, -0.05) is 36.9 Å². The van der Waals surface area contributed by atoms with Crippen molar-refractivity contribution in [3.63, 3.8) is 0 Å². The Morgan fingerprint density at radius 2 is 1.95 bits per heavy atom. The second-order valence-electron chi connectivity index (χ2n) is 10.6. The lowest BCUT2D eigenvalue weighted by Crippen LogP contribution is -2.48. The van der Waals surface area contributed by atoms with Crippen molar-refractivity contribution in [1.82, 2.24) is 19.9 Å². The molecule has 1 atom stereocenters. The summed E-state index contributed by atoms with van der Waals surface area (Å²) in [7, 11) is 1.65. The molecule has 2 aromatic carbocycles. The molecule has 0 aliphatic heterocycles. The van der Waals surface area contributed by atoms with E-state index in [4.69, 9.17) is 10.5 Å². The van der Waals surface area contributed by atoms with Gasteiger partial charge in [0.2, 0.25) is 5.90 Å². The smallest absolute Gasteiger partial charge is 0.254 e. The number of hydrogen-bond donors (Lipinski definition) is 1. The number of ether oxygens (including phenoxy) is 1. The molecule has 0 spiro atoms. The third-order valence-electron chi connectivity index (χ3n) is 6.91. The number of nitrogens with two attached hydrogens (primary N) is 1. The molecule has 0 saturated heterocycles. The molecule has 1 unspecified atom stereocenters. The number of aryl methyl sites for hydroxylation is 1. The Morgan fingerprint density at radius 3 is 2.59 bits per heavy atom. The summed E-state index contributed by atoms with van der Waals surface area (Å²) in [6, 6.07) is 15.7. The molecule has 41 heavy (non-hydrogen) atoms. The molecule has 2 N–H and O–H groups in total. The van der Waals surface area contributed by atoms with Gasteiger partial charge in [0.15, 0.2) is 0 Å². The van der Waals surface area contributed by atoms with Gasteiger partial charge >= 0.3 is 0 Å². The van der Waals surface area contributed by atoms with Crippen LogP contribution in [0.3, 0.4) is 0 Å². The van der Waals surface area contributed by atoms with Crippen molar-refractivity contribution >= 4 is 28.9 Å². The highest BCUT2D eigenvalue weighted by Crippen LogP contribution is 2.32. The van der Waals surface area contributed by atoms with Gasteiger partial charge in [0.1, 0.15) is 10.8 Å². The molecule has 8 nitrogen and oxygen atoms in total. The summed E-state index contributed by atoms with van der Waals surface area (Å²) in [5.74, 6) is 0.615. The van der Waals surface area contributed by atoms with E-state index in [1.54, 1.807) is 37.0 Å². The van der Waals surface area contributed by atoms with Crippen molar-refractivity contribution in [3.05, 3.63) is 106 Å². The van der Waals surface area contributed by atoms with Crippen LogP contribution >= 0.6 is 11.3 Å². The van der Waals surface area contributed by atoms with E-state index in [1.807, 2.05) is 72.7 Å². The SMILES string of the molecule is C=C(O/C(=N\C)C(C)(N)Cc1ccccc1)c1cc(C(=O)N(Cc2nc(C)cs2)C2CC2)cc(-c2cnccn2)c1. The third-order valence-corrected chi connectivity index (χ3v) is 7.86. The molecule has 210 valence electrons. The van der Waals surface area contributed by atoms with E-state index in [1.165, 1.54) is 0 Å². The van der Waals surface area contributed by atoms with Crippen LogP contribution in [0.4, 0.5) is 0 Å². The topological polar surface area (TPSA) is 107 Å². The lowest BCUT2D eigenvalue weighted by Gasteiger charge is -2.27. The van der Waals surface area contributed by atoms with Gasteiger partial charge in [-0.2, -0.15) is 0 Å². The zero-order valence-electron chi connectivity index (χ0n) is 23.6. The Hall–Kier alpha value is -4.21. The van der Waals surface area contributed by atoms with E-state index in [2.05, 4.69) is 26.5 Å². The van der Waals surface area contributed by atoms with Crippen molar-refractivity contribution in [3.8, 4) is 11.3 Å². The Bertz CT molecular complexity index is 1560. The molecule has 1 saturated carbocycles. The zero-order chi connectivity index (χ0) is 29.0. The largest absolute Gasteiger partial charge is 0.441 e. The van der Waals surface area contributed by atoms with E-state index in [9.17, 15) is 4.79 Å².